The molecule has 0 spiro atoms. The first-order valence-electron chi connectivity index (χ1n) is 7.11. The lowest BCUT2D eigenvalue weighted by atomic mass is 9.76. The second-order valence-corrected chi connectivity index (χ2v) is 6.34. The number of aliphatic carboxylic acids is 1. The minimum absolute atomic E-state index is 0.0758. The molecule has 1 amide bonds. The van der Waals surface area contributed by atoms with Gasteiger partial charge >= 0.3 is 5.97 Å². The average Bonchev–Trinajstić information content (AvgIpc) is 2.53. The summed E-state index contributed by atoms with van der Waals surface area (Å²) in [5.74, 6) is -0.272. The van der Waals surface area contributed by atoms with E-state index in [4.69, 9.17) is 0 Å². The lowest BCUT2D eigenvalue weighted by molar-refractivity contribution is -0.154. The van der Waals surface area contributed by atoms with Gasteiger partial charge in [-0.25, -0.2) is 0 Å². The van der Waals surface area contributed by atoms with E-state index in [1.165, 1.54) is 11.8 Å². The Hall–Kier alpha value is -1.56. The summed E-state index contributed by atoms with van der Waals surface area (Å²) in [4.78, 5) is 30.3. The molecule has 1 N–H and O–H groups in total. The van der Waals surface area contributed by atoms with Gasteiger partial charge in [0.25, 0.3) is 0 Å². The molecule has 6 heteroatoms. The molecule has 1 aliphatic rings. The molecule has 1 aromatic rings. The van der Waals surface area contributed by atoms with E-state index in [-0.39, 0.29) is 5.91 Å². The molecule has 114 valence electrons. The molecule has 1 aromatic heterocycles. The zero-order valence-corrected chi connectivity index (χ0v) is 12.9. The van der Waals surface area contributed by atoms with Crippen molar-refractivity contribution in [2.24, 2.45) is 5.41 Å². The van der Waals surface area contributed by atoms with Crippen molar-refractivity contribution in [3.63, 3.8) is 0 Å². The van der Waals surface area contributed by atoms with Crippen LogP contribution < -0.4 is 0 Å². The van der Waals surface area contributed by atoms with Crippen molar-refractivity contribution in [1.29, 1.82) is 0 Å². The number of carboxylic acid groups (broad SMARTS) is 1. The van der Waals surface area contributed by atoms with Crippen LogP contribution in [0.25, 0.3) is 0 Å². The monoisotopic (exact) mass is 308 g/mol. The number of hydrogen-bond donors (Lipinski definition) is 1. The highest BCUT2D eigenvalue weighted by Gasteiger charge is 2.40. The van der Waals surface area contributed by atoms with Crippen molar-refractivity contribution >= 4 is 23.6 Å². The highest BCUT2D eigenvalue weighted by atomic mass is 32.2. The molecule has 1 aliphatic heterocycles. The van der Waals surface area contributed by atoms with Crippen molar-refractivity contribution in [3.8, 4) is 0 Å². The summed E-state index contributed by atoms with van der Waals surface area (Å²) in [5.41, 5.74) is -0.644. The first-order chi connectivity index (χ1) is 10.1. The number of carbonyl (C=O) groups excluding carboxylic acids is 1. The Morgan fingerprint density at radius 2 is 1.95 bits per heavy atom. The topological polar surface area (TPSA) is 70.5 Å². The van der Waals surface area contributed by atoms with Crippen LogP contribution >= 0.6 is 11.8 Å². The molecule has 0 aliphatic carbocycles. The summed E-state index contributed by atoms with van der Waals surface area (Å²) in [5, 5.41) is 9.35. The van der Waals surface area contributed by atoms with Crippen LogP contribution in [0.3, 0.4) is 0 Å². The Balaban J connectivity index is 1.84. The Kier molecular flexibility index (Phi) is 5.22. The van der Waals surface area contributed by atoms with Crippen LogP contribution in [0, 0.1) is 5.41 Å². The molecule has 0 aromatic carbocycles. The maximum absolute atomic E-state index is 12.2. The van der Waals surface area contributed by atoms with Crippen molar-refractivity contribution in [1.82, 2.24) is 9.88 Å². The van der Waals surface area contributed by atoms with E-state index in [1.54, 1.807) is 17.3 Å². The van der Waals surface area contributed by atoms with Crippen LogP contribution in [0.4, 0.5) is 0 Å². The van der Waals surface area contributed by atoms with Crippen LogP contribution in [0.15, 0.2) is 29.4 Å². The quantitative estimate of drug-likeness (QED) is 0.845. The predicted octanol–water partition coefficient (Wildman–Crippen LogP) is 2.28. The number of hydrogen-bond acceptors (Lipinski definition) is 4. The van der Waals surface area contributed by atoms with E-state index in [1.807, 2.05) is 19.1 Å². The van der Waals surface area contributed by atoms with Crippen molar-refractivity contribution in [2.45, 2.75) is 31.1 Å². The number of piperidine rings is 1. The molecule has 0 saturated carbocycles. The van der Waals surface area contributed by atoms with E-state index in [0.29, 0.717) is 38.1 Å². The third kappa shape index (κ3) is 3.75. The van der Waals surface area contributed by atoms with Gasteiger partial charge in [-0.15, -0.1) is 11.8 Å². The Morgan fingerprint density at radius 1 is 1.33 bits per heavy atom. The number of aromatic nitrogens is 1. The van der Waals surface area contributed by atoms with Crippen molar-refractivity contribution < 1.29 is 14.7 Å². The lowest BCUT2D eigenvalue weighted by Crippen LogP contribution is -2.46. The molecule has 0 bridgehead atoms. The molecule has 0 unspecified atom stereocenters. The van der Waals surface area contributed by atoms with E-state index in [9.17, 15) is 14.7 Å². The number of thioether (sulfide) groups is 1. The number of rotatable bonds is 5. The predicted molar refractivity (Wildman–Crippen MR) is 81.1 cm³/mol. The number of amides is 1. The maximum Gasteiger partial charge on any atom is 0.309 e. The summed E-state index contributed by atoms with van der Waals surface area (Å²) in [6.45, 7) is 2.98. The van der Waals surface area contributed by atoms with Gasteiger partial charge in [-0.3, -0.25) is 14.6 Å². The first-order valence-corrected chi connectivity index (χ1v) is 8.10. The largest absolute Gasteiger partial charge is 0.481 e. The molecule has 2 heterocycles. The molecular formula is C15H20N2O3S. The van der Waals surface area contributed by atoms with E-state index < -0.39 is 11.4 Å². The minimum atomic E-state index is -0.733. The molecule has 0 radical (unpaired) electrons. The Bertz CT molecular complexity index is 499. The fraction of sp³-hybridized carbons (Fsp3) is 0.533. The summed E-state index contributed by atoms with van der Waals surface area (Å²) in [6, 6.07) is 3.75. The zero-order chi connectivity index (χ0) is 15.3. The van der Waals surface area contributed by atoms with E-state index in [0.717, 1.165) is 4.90 Å². The molecule has 0 atom stereocenters. The SMILES string of the molecule is CCC1(C(=O)O)CCN(C(=O)CSc2ccncc2)CC1. The molecule has 21 heavy (non-hydrogen) atoms. The number of carboxylic acids is 1. The fourth-order valence-electron chi connectivity index (χ4n) is 2.57. The highest BCUT2D eigenvalue weighted by molar-refractivity contribution is 8.00. The Morgan fingerprint density at radius 3 is 2.48 bits per heavy atom. The van der Waals surface area contributed by atoms with Gasteiger partial charge in [0.05, 0.1) is 11.2 Å². The second kappa shape index (κ2) is 6.93. The minimum Gasteiger partial charge on any atom is -0.481 e. The van der Waals surface area contributed by atoms with Crippen LogP contribution in [0.5, 0.6) is 0 Å². The Labute approximate surface area is 128 Å². The molecular weight excluding hydrogens is 288 g/mol. The van der Waals surface area contributed by atoms with Crippen LogP contribution in [0.1, 0.15) is 26.2 Å². The second-order valence-electron chi connectivity index (χ2n) is 5.29. The summed E-state index contributed by atoms with van der Waals surface area (Å²) >= 11 is 1.49. The van der Waals surface area contributed by atoms with Gasteiger partial charge in [0.15, 0.2) is 0 Å². The number of pyridine rings is 1. The van der Waals surface area contributed by atoms with Crippen LogP contribution in [0.2, 0.25) is 0 Å². The highest BCUT2D eigenvalue weighted by Crippen LogP contribution is 2.35. The van der Waals surface area contributed by atoms with Crippen molar-refractivity contribution in [2.75, 3.05) is 18.8 Å². The standard InChI is InChI=1S/C15H20N2O3S/c1-2-15(14(19)20)5-9-17(10-6-15)13(18)11-21-12-3-7-16-8-4-12/h3-4,7-8H,2,5-6,9-11H2,1H3,(H,19,20). The van der Waals surface area contributed by atoms with Crippen LogP contribution in [-0.4, -0.2) is 45.7 Å². The summed E-state index contributed by atoms with van der Waals surface area (Å²) in [6.07, 6.45) is 5.12. The van der Waals surface area contributed by atoms with Gasteiger partial charge in [-0.05, 0) is 31.4 Å². The smallest absolute Gasteiger partial charge is 0.309 e. The third-order valence-electron chi connectivity index (χ3n) is 4.22. The number of likely N-dealkylation sites (tertiary alicyclic amines) is 1. The summed E-state index contributed by atoms with van der Waals surface area (Å²) in [7, 11) is 0. The molecule has 5 nitrogen and oxygen atoms in total. The van der Waals surface area contributed by atoms with E-state index >= 15 is 0 Å². The molecule has 2 rings (SSSR count). The van der Waals surface area contributed by atoms with Gasteiger partial charge in [-0.2, -0.15) is 0 Å². The normalized spacial score (nSPS) is 17.5. The van der Waals surface area contributed by atoms with Gasteiger partial charge in [0.2, 0.25) is 5.91 Å². The number of nitrogens with zero attached hydrogens (tertiary/aromatic N) is 2. The van der Waals surface area contributed by atoms with E-state index in [2.05, 4.69) is 4.98 Å². The molecule has 1 fully saturated rings. The fourth-order valence-corrected chi connectivity index (χ4v) is 3.36. The first kappa shape index (κ1) is 15.8. The summed E-state index contributed by atoms with van der Waals surface area (Å²) < 4.78 is 0. The average molecular weight is 308 g/mol. The zero-order valence-electron chi connectivity index (χ0n) is 12.1. The van der Waals surface area contributed by atoms with Gasteiger partial charge < -0.3 is 10.0 Å². The van der Waals surface area contributed by atoms with Gasteiger partial charge in [0, 0.05) is 30.4 Å². The lowest BCUT2D eigenvalue weighted by Gasteiger charge is -2.38. The molecule has 1 saturated heterocycles. The van der Waals surface area contributed by atoms with Gasteiger partial charge in [-0.1, -0.05) is 6.92 Å². The van der Waals surface area contributed by atoms with Crippen molar-refractivity contribution in [3.05, 3.63) is 24.5 Å². The van der Waals surface area contributed by atoms with Crippen LogP contribution in [-0.2, 0) is 9.59 Å². The van der Waals surface area contributed by atoms with Gasteiger partial charge in [0.1, 0.15) is 0 Å². The maximum atomic E-state index is 12.2. The number of carbonyl (C=O) groups is 2. The third-order valence-corrected chi connectivity index (χ3v) is 5.21.